The molecule has 1 aliphatic carbocycles. The van der Waals surface area contributed by atoms with Crippen LogP contribution in [0.2, 0.25) is 0 Å². The van der Waals surface area contributed by atoms with Crippen LogP contribution in [-0.2, 0) is 16.0 Å². The van der Waals surface area contributed by atoms with Gasteiger partial charge in [-0.1, -0.05) is 24.3 Å². The van der Waals surface area contributed by atoms with Gasteiger partial charge in [-0.3, -0.25) is 4.79 Å². The number of para-hydroxylation sites is 1. The predicted octanol–water partition coefficient (Wildman–Crippen LogP) is 3.57. The van der Waals surface area contributed by atoms with E-state index in [9.17, 15) is 23.8 Å². The molecule has 0 aromatic heterocycles. The Balaban J connectivity index is 1.27. The molecule has 1 saturated carbocycles. The molecule has 4 rings (SSSR count). The summed E-state index contributed by atoms with van der Waals surface area (Å²) < 4.78 is 38.4. The number of hydrogen-bond donors (Lipinski definition) is 3. The van der Waals surface area contributed by atoms with E-state index < -0.39 is 35.2 Å². The van der Waals surface area contributed by atoms with Crippen molar-refractivity contribution in [3.8, 4) is 5.75 Å². The summed E-state index contributed by atoms with van der Waals surface area (Å²) in [5.74, 6) is -2.48. The van der Waals surface area contributed by atoms with Crippen LogP contribution in [0.1, 0.15) is 49.5 Å². The molecule has 178 valence electrons. The van der Waals surface area contributed by atoms with Gasteiger partial charge in [0.05, 0.1) is 18.8 Å². The smallest absolute Gasteiger partial charge is 0.311 e. The second kappa shape index (κ2) is 9.00. The molecule has 5 atom stereocenters. The Morgan fingerprint density at radius 3 is 2.70 bits per heavy atom. The molecule has 2 aromatic carbocycles. The number of halogens is 2. The second-order valence-corrected chi connectivity index (χ2v) is 9.56. The maximum absolute atomic E-state index is 13.5. The largest absolute Gasteiger partial charge is 0.488 e. The van der Waals surface area contributed by atoms with Gasteiger partial charge in [-0.2, -0.15) is 0 Å². The summed E-state index contributed by atoms with van der Waals surface area (Å²) in [6.07, 6.45) is -0.969. The van der Waals surface area contributed by atoms with Crippen LogP contribution in [0.3, 0.4) is 0 Å². The standard InChI is InChI=1S/C25H29F2NO5/c1-13(16-5-4-6-17-20-21(24(30)31)23(20)33-22(16)17)32-12-15(29)11-28-25(2,3)10-14-7-8-18(26)19(27)9-14/h4-9,13,15,20-21,23,28-29H,10-12H2,1-3H3,(H,30,31)/t13-,15?,20+,21+,23+/m1/s1. The van der Waals surface area contributed by atoms with Crippen molar-refractivity contribution >= 4 is 5.97 Å². The van der Waals surface area contributed by atoms with Gasteiger partial charge >= 0.3 is 5.97 Å². The highest BCUT2D eigenvalue weighted by atomic mass is 19.2. The molecule has 8 heteroatoms. The molecular weight excluding hydrogens is 432 g/mol. The van der Waals surface area contributed by atoms with Crippen LogP contribution < -0.4 is 10.1 Å². The van der Waals surface area contributed by atoms with Crippen LogP contribution in [0.4, 0.5) is 8.78 Å². The molecule has 1 heterocycles. The maximum Gasteiger partial charge on any atom is 0.311 e. The van der Waals surface area contributed by atoms with Crippen LogP contribution in [0.25, 0.3) is 0 Å². The molecule has 1 aliphatic heterocycles. The van der Waals surface area contributed by atoms with E-state index >= 15 is 0 Å². The van der Waals surface area contributed by atoms with Gasteiger partial charge < -0.3 is 25.0 Å². The normalized spacial score (nSPS) is 22.8. The first kappa shape index (κ1) is 23.6. The maximum atomic E-state index is 13.5. The molecule has 1 unspecified atom stereocenters. The Kier molecular flexibility index (Phi) is 6.44. The van der Waals surface area contributed by atoms with Gasteiger partial charge in [0.25, 0.3) is 0 Å². The molecule has 1 fully saturated rings. The number of carboxylic acids is 1. The predicted molar refractivity (Wildman–Crippen MR) is 117 cm³/mol. The quantitative estimate of drug-likeness (QED) is 0.502. The molecule has 3 N–H and O–H groups in total. The molecule has 0 radical (unpaired) electrons. The van der Waals surface area contributed by atoms with Crippen molar-refractivity contribution in [1.29, 1.82) is 0 Å². The van der Waals surface area contributed by atoms with Crippen molar-refractivity contribution in [2.45, 2.75) is 57.0 Å². The fourth-order valence-corrected chi connectivity index (χ4v) is 4.54. The third kappa shape index (κ3) is 5.03. The number of rotatable bonds is 10. The number of nitrogens with one attached hydrogen (secondary N) is 1. The van der Waals surface area contributed by atoms with Gasteiger partial charge in [0.2, 0.25) is 0 Å². The highest BCUT2D eigenvalue weighted by molar-refractivity contribution is 5.79. The van der Waals surface area contributed by atoms with E-state index in [1.54, 1.807) is 6.07 Å². The number of hydrogen-bond acceptors (Lipinski definition) is 5. The number of aliphatic hydroxyl groups excluding tert-OH is 1. The minimum absolute atomic E-state index is 0.0870. The van der Waals surface area contributed by atoms with Gasteiger partial charge in [0, 0.05) is 29.1 Å². The molecular formula is C25H29F2NO5. The van der Waals surface area contributed by atoms with Gasteiger partial charge in [-0.15, -0.1) is 0 Å². The first-order chi connectivity index (χ1) is 15.6. The molecule has 0 amide bonds. The monoisotopic (exact) mass is 461 g/mol. The molecule has 33 heavy (non-hydrogen) atoms. The average molecular weight is 462 g/mol. The highest BCUT2D eigenvalue weighted by Crippen LogP contribution is 2.59. The summed E-state index contributed by atoms with van der Waals surface area (Å²) in [5.41, 5.74) is 1.95. The lowest BCUT2D eigenvalue weighted by Crippen LogP contribution is -2.46. The van der Waals surface area contributed by atoms with Gasteiger partial charge in [-0.25, -0.2) is 8.78 Å². The fourth-order valence-electron chi connectivity index (χ4n) is 4.54. The van der Waals surface area contributed by atoms with Crippen LogP contribution in [0, 0.1) is 17.6 Å². The van der Waals surface area contributed by atoms with E-state index in [2.05, 4.69) is 5.32 Å². The molecule has 2 aromatic rings. The number of benzene rings is 2. The molecule has 6 nitrogen and oxygen atoms in total. The zero-order valence-electron chi connectivity index (χ0n) is 18.8. The second-order valence-electron chi connectivity index (χ2n) is 9.56. The Morgan fingerprint density at radius 1 is 1.24 bits per heavy atom. The van der Waals surface area contributed by atoms with Crippen molar-refractivity contribution in [1.82, 2.24) is 5.32 Å². The Bertz CT molecular complexity index is 1040. The number of ether oxygens (including phenoxy) is 2. The number of β-amino-alcohol motifs (C(OH)–C–C–N with tert-alkyl or cyclic N) is 1. The average Bonchev–Trinajstić information content (AvgIpc) is 3.35. The fraction of sp³-hybridized carbons (Fsp3) is 0.480. The number of aliphatic hydroxyl groups is 1. The Morgan fingerprint density at radius 2 is 2.00 bits per heavy atom. The first-order valence-corrected chi connectivity index (χ1v) is 11.1. The molecule has 0 bridgehead atoms. The number of carbonyl (C=O) groups is 1. The van der Waals surface area contributed by atoms with E-state index in [0.717, 1.165) is 17.2 Å². The molecule has 0 spiro atoms. The van der Waals surface area contributed by atoms with Crippen molar-refractivity contribution in [3.63, 3.8) is 0 Å². The minimum atomic E-state index is -0.877. The van der Waals surface area contributed by atoms with Crippen LogP contribution >= 0.6 is 0 Å². The molecule has 0 saturated heterocycles. The Labute approximate surface area is 191 Å². The lowest BCUT2D eigenvalue weighted by atomic mass is 9.94. The SMILES string of the molecule is C[C@@H](OCC(O)CNC(C)(C)Cc1ccc(F)c(F)c1)c1cccc2c1O[C@@H]1[C@@H](C(=O)O)[C@H]21. The summed E-state index contributed by atoms with van der Waals surface area (Å²) in [6.45, 7) is 6.06. The number of carboxylic acid groups (broad SMARTS) is 1. The summed E-state index contributed by atoms with van der Waals surface area (Å²) in [4.78, 5) is 11.3. The van der Waals surface area contributed by atoms with Crippen LogP contribution in [0.15, 0.2) is 36.4 Å². The van der Waals surface area contributed by atoms with Crippen molar-refractivity contribution in [3.05, 3.63) is 64.7 Å². The van der Waals surface area contributed by atoms with Gasteiger partial charge in [0.1, 0.15) is 17.8 Å². The van der Waals surface area contributed by atoms with Crippen molar-refractivity contribution < 1.29 is 33.3 Å². The third-order valence-corrected chi connectivity index (χ3v) is 6.35. The van der Waals surface area contributed by atoms with Crippen molar-refractivity contribution in [2.24, 2.45) is 5.92 Å². The summed E-state index contributed by atoms with van der Waals surface area (Å²) in [6, 6.07) is 9.50. The van der Waals surface area contributed by atoms with Gasteiger partial charge in [0.15, 0.2) is 11.6 Å². The number of aliphatic carboxylic acids is 1. The zero-order chi connectivity index (χ0) is 23.9. The highest BCUT2D eigenvalue weighted by Gasteiger charge is 2.63. The summed E-state index contributed by atoms with van der Waals surface area (Å²) in [7, 11) is 0. The van der Waals surface area contributed by atoms with Crippen molar-refractivity contribution in [2.75, 3.05) is 13.2 Å². The third-order valence-electron chi connectivity index (χ3n) is 6.35. The summed E-state index contributed by atoms with van der Waals surface area (Å²) >= 11 is 0. The zero-order valence-corrected chi connectivity index (χ0v) is 18.8. The van der Waals surface area contributed by atoms with E-state index in [1.807, 2.05) is 39.0 Å². The lowest BCUT2D eigenvalue weighted by Gasteiger charge is -2.28. The van der Waals surface area contributed by atoms with Crippen LogP contribution in [0.5, 0.6) is 5.75 Å². The van der Waals surface area contributed by atoms with E-state index in [1.165, 1.54) is 6.07 Å². The van der Waals surface area contributed by atoms with Crippen LogP contribution in [-0.4, -0.2) is 47.1 Å². The van der Waals surface area contributed by atoms with E-state index in [-0.39, 0.29) is 31.3 Å². The lowest BCUT2D eigenvalue weighted by molar-refractivity contribution is -0.139. The minimum Gasteiger partial charge on any atom is -0.488 e. The van der Waals surface area contributed by atoms with E-state index in [0.29, 0.717) is 17.7 Å². The van der Waals surface area contributed by atoms with Gasteiger partial charge in [-0.05, 0) is 44.9 Å². The first-order valence-electron chi connectivity index (χ1n) is 11.1. The molecule has 2 aliphatic rings. The summed E-state index contributed by atoms with van der Waals surface area (Å²) in [5, 5.41) is 22.9. The van der Waals surface area contributed by atoms with E-state index in [4.69, 9.17) is 9.47 Å². The number of fused-ring (bicyclic) bond motifs is 3. The Hall–Kier alpha value is -2.55. The topological polar surface area (TPSA) is 88.0 Å².